The summed E-state index contributed by atoms with van der Waals surface area (Å²) in [4.78, 5) is 1.69. The van der Waals surface area contributed by atoms with Gasteiger partial charge in [-0.15, -0.1) is 0 Å². The minimum Gasteiger partial charge on any atom is -0.319 e. The van der Waals surface area contributed by atoms with Gasteiger partial charge in [0.15, 0.2) is 0 Å². The molecule has 0 fully saturated rings. The summed E-state index contributed by atoms with van der Waals surface area (Å²) in [6.07, 6.45) is 0. The van der Waals surface area contributed by atoms with E-state index in [4.69, 9.17) is 5.41 Å². The Balaban J connectivity index is 2.06. The number of hydrogen-bond donors (Lipinski definition) is 1. The molecular formula is C14H10BrFN2. The van der Waals surface area contributed by atoms with E-state index in [2.05, 4.69) is 15.9 Å². The standard InChI is InChI=1S/C14H10BrFN2/c15-10-5-6-12(16)13(7-10)18-8-9-3-1-2-4-11(9)14(18)17/h1-7,17H,8H2. The van der Waals surface area contributed by atoms with Crippen molar-refractivity contribution in [3.05, 3.63) is 63.9 Å². The number of hydrogen-bond acceptors (Lipinski definition) is 1. The predicted molar refractivity (Wildman–Crippen MR) is 73.6 cm³/mol. The summed E-state index contributed by atoms with van der Waals surface area (Å²) in [5.74, 6) is 0.0401. The van der Waals surface area contributed by atoms with Crippen LogP contribution in [0.15, 0.2) is 46.9 Å². The normalized spacial score (nSPS) is 13.9. The maximum Gasteiger partial charge on any atom is 0.146 e. The molecule has 1 aliphatic heterocycles. The number of fused-ring (bicyclic) bond motifs is 1. The van der Waals surface area contributed by atoms with Gasteiger partial charge in [-0.2, -0.15) is 0 Å². The summed E-state index contributed by atoms with van der Waals surface area (Å²) in [6.45, 7) is 0.544. The zero-order chi connectivity index (χ0) is 12.7. The highest BCUT2D eigenvalue weighted by molar-refractivity contribution is 9.10. The van der Waals surface area contributed by atoms with E-state index in [0.29, 0.717) is 18.1 Å². The second-order valence-corrected chi connectivity index (χ2v) is 5.10. The molecule has 3 rings (SSSR count). The SMILES string of the molecule is N=C1c2ccccc2CN1c1cc(Br)ccc1F. The van der Waals surface area contributed by atoms with E-state index in [-0.39, 0.29) is 5.82 Å². The average Bonchev–Trinajstić information content (AvgIpc) is 2.71. The van der Waals surface area contributed by atoms with Crippen LogP contribution in [-0.2, 0) is 6.54 Å². The van der Waals surface area contributed by atoms with E-state index >= 15 is 0 Å². The maximum atomic E-state index is 13.9. The minimum atomic E-state index is -0.309. The topological polar surface area (TPSA) is 27.1 Å². The fraction of sp³-hybridized carbons (Fsp3) is 0.0714. The lowest BCUT2D eigenvalue weighted by Gasteiger charge is -2.19. The van der Waals surface area contributed by atoms with E-state index in [9.17, 15) is 4.39 Å². The third-order valence-corrected chi connectivity index (χ3v) is 3.56. The highest BCUT2D eigenvalue weighted by Gasteiger charge is 2.26. The van der Waals surface area contributed by atoms with Gasteiger partial charge >= 0.3 is 0 Å². The first kappa shape index (κ1) is 11.4. The largest absolute Gasteiger partial charge is 0.319 e. The average molecular weight is 305 g/mol. The molecule has 0 aliphatic carbocycles. The second-order valence-electron chi connectivity index (χ2n) is 4.19. The van der Waals surface area contributed by atoms with Gasteiger partial charge in [0.1, 0.15) is 11.7 Å². The lowest BCUT2D eigenvalue weighted by Crippen LogP contribution is -2.24. The van der Waals surface area contributed by atoms with Crippen LogP contribution in [0.3, 0.4) is 0 Å². The lowest BCUT2D eigenvalue weighted by atomic mass is 10.1. The van der Waals surface area contributed by atoms with E-state index in [0.717, 1.165) is 15.6 Å². The van der Waals surface area contributed by atoms with Crippen molar-refractivity contribution in [1.82, 2.24) is 0 Å². The molecule has 0 saturated carbocycles. The molecule has 2 nitrogen and oxygen atoms in total. The van der Waals surface area contributed by atoms with Crippen LogP contribution in [0, 0.1) is 11.2 Å². The van der Waals surface area contributed by atoms with Crippen molar-refractivity contribution in [2.75, 3.05) is 4.90 Å². The first-order valence-corrected chi connectivity index (χ1v) is 6.35. The number of halogens is 2. The lowest BCUT2D eigenvalue weighted by molar-refractivity contribution is 0.626. The summed E-state index contributed by atoms with van der Waals surface area (Å²) in [7, 11) is 0. The van der Waals surface area contributed by atoms with Crippen LogP contribution < -0.4 is 4.90 Å². The van der Waals surface area contributed by atoms with Gasteiger partial charge in [-0.1, -0.05) is 40.2 Å². The van der Waals surface area contributed by atoms with Gasteiger partial charge < -0.3 is 4.90 Å². The number of benzene rings is 2. The van der Waals surface area contributed by atoms with Crippen molar-refractivity contribution in [2.24, 2.45) is 0 Å². The van der Waals surface area contributed by atoms with Crippen LogP contribution >= 0.6 is 15.9 Å². The highest BCUT2D eigenvalue weighted by atomic mass is 79.9. The molecule has 4 heteroatoms. The van der Waals surface area contributed by atoms with Gasteiger partial charge in [0.2, 0.25) is 0 Å². The second kappa shape index (κ2) is 4.21. The van der Waals surface area contributed by atoms with Gasteiger partial charge in [0, 0.05) is 10.0 Å². The quantitative estimate of drug-likeness (QED) is 0.849. The Morgan fingerprint density at radius 3 is 2.72 bits per heavy atom. The van der Waals surface area contributed by atoms with Gasteiger partial charge in [-0.05, 0) is 23.8 Å². The number of rotatable bonds is 1. The Hall–Kier alpha value is -1.68. The van der Waals surface area contributed by atoms with Crippen molar-refractivity contribution in [3.8, 4) is 0 Å². The van der Waals surface area contributed by atoms with E-state index in [1.807, 2.05) is 24.3 Å². The van der Waals surface area contributed by atoms with Crippen molar-refractivity contribution < 1.29 is 4.39 Å². The van der Waals surface area contributed by atoms with Crippen LogP contribution in [0.1, 0.15) is 11.1 Å². The fourth-order valence-corrected chi connectivity index (χ4v) is 2.53. The van der Waals surface area contributed by atoms with Crippen molar-refractivity contribution in [3.63, 3.8) is 0 Å². The Labute approximate surface area is 113 Å². The number of amidine groups is 1. The molecule has 0 bridgehead atoms. The van der Waals surface area contributed by atoms with Crippen LogP contribution in [0.2, 0.25) is 0 Å². The first-order chi connectivity index (χ1) is 8.66. The molecule has 1 aliphatic rings. The molecule has 2 aromatic rings. The van der Waals surface area contributed by atoms with Gasteiger partial charge in [-0.3, -0.25) is 5.41 Å². The smallest absolute Gasteiger partial charge is 0.146 e. The molecule has 0 atom stereocenters. The molecule has 90 valence electrons. The molecular weight excluding hydrogens is 295 g/mol. The monoisotopic (exact) mass is 304 g/mol. The van der Waals surface area contributed by atoms with Crippen molar-refractivity contribution in [1.29, 1.82) is 5.41 Å². The Kier molecular flexibility index (Phi) is 2.67. The predicted octanol–water partition coefficient (Wildman–Crippen LogP) is 3.93. The minimum absolute atomic E-state index is 0.309. The molecule has 0 amide bonds. The molecule has 0 unspecified atom stereocenters. The molecule has 0 spiro atoms. The number of nitrogens with zero attached hydrogens (tertiary/aromatic N) is 1. The number of anilines is 1. The Bertz CT molecular complexity index is 639. The molecule has 18 heavy (non-hydrogen) atoms. The molecule has 0 saturated heterocycles. The first-order valence-electron chi connectivity index (χ1n) is 5.56. The van der Waals surface area contributed by atoms with Gasteiger partial charge in [0.05, 0.1) is 12.2 Å². The summed E-state index contributed by atoms with van der Waals surface area (Å²) in [5, 5.41) is 8.14. The third-order valence-electron chi connectivity index (χ3n) is 3.07. The molecule has 1 heterocycles. The van der Waals surface area contributed by atoms with Crippen LogP contribution in [0.25, 0.3) is 0 Å². The Morgan fingerprint density at radius 2 is 1.94 bits per heavy atom. The summed E-state index contributed by atoms with van der Waals surface area (Å²) >= 11 is 3.33. The van der Waals surface area contributed by atoms with E-state index in [1.165, 1.54) is 6.07 Å². The zero-order valence-corrected chi connectivity index (χ0v) is 11.0. The summed E-state index contributed by atoms with van der Waals surface area (Å²) < 4.78 is 14.7. The number of nitrogens with one attached hydrogen (secondary N) is 1. The zero-order valence-electron chi connectivity index (χ0n) is 9.45. The summed E-state index contributed by atoms with van der Waals surface area (Å²) in [5.41, 5.74) is 2.37. The van der Waals surface area contributed by atoms with Crippen molar-refractivity contribution >= 4 is 27.5 Å². The third kappa shape index (κ3) is 1.73. The molecule has 1 N–H and O–H groups in total. The van der Waals surface area contributed by atoms with Gasteiger partial charge in [0.25, 0.3) is 0 Å². The van der Waals surface area contributed by atoms with Crippen LogP contribution in [0.4, 0.5) is 10.1 Å². The van der Waals surface area contributed by atoms with Crippen molar-refractivity contribution in [2.45, 2.75) is 6.54 Å². The fourth-order valence-electron chi connectivity index (χ4n) is 2.18. The van der Waals surface area contributed by atoms with E-state index < -0.39 is 0 Å². The molecule has 2 aromatic carbocycles. The molecule has 0 radical (unpaired) electrons. The highest BCUT2D eigenvalue weighted by Crippen LogP contribution is 2.31. The maximum absolute atomic E-state index is 13.9. The summed E-state index contributed by atoms with van der Waals surface area (Å²) in [6, 6.07) is 12.5. The Morgan fingerprint density at radius 1 is 1.17 bits per heavy atom. The van der Waals surface area contributed by atoms with Crippen LogP contribution in [0.5, 0.6) is 0 Å². The van der Waals surface area contributed by atoms with Gasteiger partial charge in [-0.25, -0.2) is 4.39 Å². The van der Waals surface area contributed by atoms with E-state index in [1.54, 1.807) is 17.0 Å². The van der Waals surface area contributed by atoms with Crippen LogP contribution in [-0.4, -0.2) is 5.84 Å². The molecule has 0 aromatic heterocycles.